The van der Waals surface area contributed by atoms with E-state index in [1.54, 1.807) is 23.5 Å². The van der Waals surface area contributed by atoms with Crippen LogP contribution in [-0.4, -0.2) is 34.0 Å². The van der Waals surface area contributed by atoms with Gasteiger partial charge in [-0.25, -0.2) is 4.39 Å². The molecule has 1 N–H and O–H groups in total. The minimum atomic E-state index is -0.308. The maximum Gasteiger partial charge on any atom is 0.227 e. The molecule has 2 saturated heterocycles. The lowest BCUT2D eigenvalue weighted by Crippen LogP contribution is -2.56. The number of anilines is 1. The molecule has 3 aromatic rings. The molecule has 2 aliphatic heterocycles. The van der Waals surface area contributed by atoms with Gasteiger partial charge in [-0.15, -0.1) is 23.7 Å². The van der Waals surface area contributed by atoms with Gasteiger partial charge in [0.2, 0.25) is 5.91 Å². The van der Waals surface area contributed by atoms with Crippen molar-refractivity contribution in [1.82, 2.24) is 4.90 Å². The van der Waals surface area contributed by atoms with Crippen molar-refractivity contribution in [3.05, 3.63) is 70.9 Å². The van der Waals surface area contributed by atoms with Crippen molar-refractivity contribution in [3.63, 3.8) is 0 Å². The number of halogens is 2. The Kier molecular flexibility index (Phi) is 7.04. The molecule has 0 radical (unpaired) electrons. The monoisotopic (exact) mass is 500 g/mol. The number of phenols is 1. The summed E-state index contributed by atoms with van der Waals surface area (Å²) in [6, 6.07) is 14.7. The molecule has 180 valence electrons. The predicted octanol–water partition coefficient (Wildman–Crippen LogP) is 6.54. The van der Waals surface area contributed by atoms with Crippen LogP contribution in [0.15, 0.2) is 53.9 Å². The van der Waals surface area contributed by atoms with Gasteiger partial charge in [0, 0.05) is 41.7 Å². The predicted molar refractivity (Wildman–Crippen MR) is 138 cm³/mol. The van der Waals surface area contributed by atoms with Crippen molar-refractivity contribution in [2.75, 3.05) is 11.4 Å². The Bertz CT molecular complexity index is 1200. The first-order valence-corrected chi connectivity index (χ1v) is 12.4. The Hall–Kier alpha value is -2.41. The molecule has 5 rings (SSSR count). The fourth-order valence-corrected chi connectivity index (χ4v) is 6.58. The van der Waals surface area contributed by atoms with E-state index >= 15 is 0 Å². The number of nitrogens with zero attached hydrogens (tertiary/aromatic N) is 2. The molecule has 2 aromatic carbocycles. The average Bonchev–Trinajstić information content (AvgIpc) is 3.34. The van der Waals surface area contributed by atoms with Crippen LogP contribution in [0.5, 0.6) is 5.75 Å². The van der Waals surface area contributed by atoms with Gasteiger partial charge < -0.3 is 10.0 Å². The highest BCUT2D eigenvalue weighted by molar-refractivity contribution is 7.13. The van der Waals surface area contributed by atoms with E-state index in [1.165, 1.54) is 23.3 Å². The summed E-state index contributed by atoms with van der Waals surface area (Å²) >= 11 is 1.65. The number of amides is 1. The molecule has 7 heteroatoms. The Balaban J connectivity index is 0.00000274. The maximum atomic E-state index is 13.9. The van der Waals surface area contributed by atoms with Crippen LogP contribution in [0.4, 0.5) is 10.1 Å². The topological polar surface area (TPSA) is 43.8 Å². The first-order chi connectivity index (χ1) is 15.9. The van der Waals surface area contributed by atoms with Gasteiger partial charge in [-0.3, -0.25) is 9.69 Å². The fraction of sp³-hybridized carbons (Fsp3) is 0.370. The Morgan fingerprint density at radius 1 is 1.18 bits per heavy atom. The molecule has 1 spiro atoms. The van der Waals surface area contributed by atoms with Gasteiger partial charge in [0.1, 0.15) is 11.6 Å². The fourth-order valence-electron chi connectivity index (χ4n) is 5.63. The third kappa shape index (κ3) is 4.47. The van der Waals surface area contributed by atoms with Crippen LogP contribution in [0.3, 0.4) is 0 Å². The number of hydrogen-bond acceptors (Lipinski definition) is 4. The zero-order valence-corrected chi connectivity index (χ0v) is 21.1. The summed E-state index contributed by atoms with van der Waals surface area (Å²) in [6.45, 7) is 5.95. The van der Waals surface area contributed by atoms with E-state index < -0.39 is 0 Å². The van der Waals surface area contributed by atoms with Crippen LogP contribution in [-0.2, 0) is 11.3 Å². The molecule has 0 aliphatic carbocycles. The molecule has 0 unspecified atom stereocenters. The summed E-state index contributed by atoms with van der Waals surface area (Å²) in [6.07, 6.45) is 3.07. The normalized spacial score (nSPS) is 22.9. The van der Waals surface area contributed by atoms with Gasteiger partial charge in [-0.05, 0) is 86.0 Å². The number of likely N-dealkylation sites (tertiary alicyclic amines) is 1. The third-order valence-electron chi connectivity index (χ3n) is 7.31. The lowest BCUT2D eigenvalue weighted by molar-refractivity contribution is -0.117. The SMILES string of the molecule is Cc1ccsc1-c1cc(CN2CC[C@]3(CCC(=O)N3c3cccc(F)c3)C[C@@H]2C)ccc1O.Cl. The summed E-state index contributed by atoms with van der Waals surface area (Å²) in [5.74, 6) is 0.0952. The number of carbonyl (C=O) groups excluding carboxylic acids is 1. The van der Waals surface area contributed by atoms with Crippen molar-refractivity contribution in [3.8, 4) is 16.2 Å². The first kappa shape index (κ1) is 24.7. The second-order valence-electron chi connectivity index (χ2n) is 9.49. The van der Waals surface area contributed by atoms with Gasteiger partial charge in [0.15, 0.2) is 0 Å². The van der Waals surface area contributed by atoms with Crippen molar-refractivity contribution < 1.29 is 14.3 Å². The number of hydrogen-bond donors (Lipinski definition) is 1. The second-order valence-corrected chi connectivity index (χ2v) is 10.4. The maximum absolute atomic E-state index is 13.9. The lowest BCUT2D eigenvalue weighted by Gasteiger charge is -2.48. The van der Waals surface area contributed by atoms with Crippen LogP contribution in [0.1, 0.15) is 43.7 Å². The molecular formula is C27H30ClFN2O2S. The second kappa shape index (κ2) is 9.68. The quantitative estimate of drug-likeness (QED) is 0.442. The summed E-state index contributed by atoms with van der Waals surface area (Å²) in [7, 11) is 0. The minimum Gasteiger partial charge on any atom is -0.507 e. The molecule has 1 amide bonds. The highest BCUT2D eigenvalue weighted by Gasteiger charge is 2.49. The van der Waals surface area contributed by atoms with E-state index in [0.717, 1.165) is 42.8 Å². The van der Waals surface area contributed by atoms with Gasteiger partial charge in [-0.2, -0.15) is 0 Å². The molecule has 1 aromatic heterocycles. The van der Waals surface area contributed by atoms with Crippen LogP contribution < -0.4 is 4.90 Å². The van der Waals surface area contributed by atoms with E-state index in [4.69, 9.17) is 0 Å². The molecule has 0 bridgehead atoms. The molecular weight excluding hydrogens is 471 g/mol. The standard InChI is InChI=1S/C27H29FN2O2S.ClH/c1-18-9-13-33-26(18)23-14-20(6-7-24(23)31)17-29-12-11-27(16-19(29)2)10-8-25(32)30(27)22-5-3-4-21(28)15-22;/h3-7,9,13-15,19,31H,8,10-12,16-17H2,1-2H3;1H/t19-,27+;/m0./s1. The average molecular weight is 501 g/mol. The van der Waals surface area contributed by atoms with Crippen LogP contribution >= 0.6 is 23.7 Å². The number of phenolic OH excluding ortho intramolecular Hbond substituents is 1. The number of thiophene rings is 1. The summed E-state index contributed by atoms with van der Waals surface area (Å²) in [5, 5.41) is 12.5. The smallest absolute Gasteiger partial charge is 0.227 e. The number of carbonyl (C=O) groups is 1. The molecule has 2 aliphatic rings. The van der Waals surface area contributed by atoms with Gasteiger partial charge >= 0.3 is 0 Å². The van der Waals surface area contributed by atoms with E-state index in [1.807, 2.05) is 17.0 Å². The van der Waals surface area contributed by atoms with Crippen molar-refractivity contribution in [2.45, 2.75) is 57.7 Å². The van der Waals surface area contributed by atoms with E-state index in [-0.39, 0.29) is 35.7 Å². The molecule has 4 nitrogen and oxygen atoms in total. The molecule has 2 fully saturated rings. The van der Waals surface area contributed by atoms with Crippen LogP contribution in [0.2, 0.25) is 0 Å². The molecule has 2 atom stereocenters. The van der Waals surface area contributed by atoms with Crippen molar-refractivity contribution >= 4 is 35.3 Å². The van der Waals surface area contributed by atoms with Gasteiger partial charge in [0.05, 0.1) is 5.54 Å². The molecule has 34 heavy (non-hydrogen) atoms. The third-order valence-corrected chi connectivity index (χ3v) is 8.36. The minimum absolute atomic E-state index is 0. The highest BCUT2D eigenvalue weighted by Crippen LogP contribution is 2.44. The number of aromatic hydroxyl groups is 1. The Morgan fingerprint density at radius 2 is 2.00 bits per heavy atom. The van der Waals surface area contributed by atoms with Crippen molar-refractivity contribution in [2.24, 2.45) is 0 Å². The van der Waals surface area contributed by atoms with E-state index in [2.05, 4.69) is 36.3 Å². The highest BCUT2D eigenvalue weighted by atomic mass is 35.5. The largest absolute Gasteiger partial charge is 0.507 e. The zero-order valence-electron chi connectivity index (χ0n) is 19.5. The number of rotatable bonds is 4. The Morgan fingerprint density at radius 3 is 2.71 bits per heavy atom. The van der Waals surface area contributed by atoms with E-state index in [9.17, 15) is 14.3 Å². The lowest BCUT2D eigenvalue weighted by atomic mass is 9.81. The summed E-state index contributed by atoms with van der Waals surface area (Å²) in [4.78, 5) is 18.3. The van der Waals surface area contributed by atoms with Gasteiger partial charge in [-0.1, -0.05) is 12.1 Å². The first-order valence-electron chi connectivity index (χ1n) is 11.6. The van der Waals surface area contributed by atoms with Crippen LogP contribution in [0.25, 0.3) is 10.4 Å². The Labute approximate surface area is 210 Å². The number of benzene rings is 2. The van der Waals surface area contributed by atoms with Crippen LogP contribution in [0, 0.1) is 12.7 Å². The molecule has 3 heterocycles. The summed E-state index contributed by atoms with van der Waals surface area (Å²) < 4.78 is 13.9. The van der Waals surface area contributed by atoms with Gasteiger partial charge in [0.25, 0.3) is 0 Å². The zero-order chi connectivity index (χ0) is 23.2. The summed E-state index contributed by atoms with van der Waals surface area (Å²) in [5.41, 5.74) is 3.66. The van der Waals surface area contributed by atoms with Crippen molar-refractivity contribution in [1.29, 1.82) is 0 Å². The molecule has 0 saturated carbocycles. The number of aryl methyl sites for hydroxylation is 1. The van der Waals surface area contributed by atoms with E-state index in [0.29, 0.717) is 17.9 Å². The number of piperidine rings is 1.